The molecule has 0 heterocycles. The number of rotatable bonds is 4. The summed E-state index contributed by atoms with van der Waals surface area (Å²) in [6.07, 6.45) is 0. The Morgan fingerprint density at radius 3 is 0.879 bits per heavy atom. The fourth-order valence-corrected chi connectivity index (χ4v) is 4.37. The highest BCUT2D eigenvalue weighted by atomic mass is 14.2. The monoisotopic (exact) mass is 412 g/mol. The first-order chi connectivity index (χ1) is 16.1. The Balaban J connectivity index is 1.64. The quantitative estimate of drug-likeness (QED) is 0.375. The van der Waals surface area contributed by atoms with Crippen LogP contribution in [0.3, 0.4) is 0 Å². The highest BCUT2D eigenvalue weighted by Gasteiger charge is 2.14. The van der Waals surface area contributed by atoms with Gasteiger partial charge in [-0.2, -0.15) is 0 Å². The summed E-state index contributed by atoms with van der Waals surface area (Å²) in [6.45, 7) is 0. The molecule has 0 atom stereocenters. The third-order valence-corrected chi connectivity index (χ3v) is 6.07. The minimum Gasteiger partial charge on any atom is -0.0813 e. The first kappa shape index (κ1) is 21.2. The first-order valence-corrected chi connectivity index (χ1v) is 10.9. The molecule has 0 aromatic heterocycles. The van der Waals surface area contributed by atoms with Gasteiger partial charge in [0.25, 0.3) is 0 Å². The first-order valence-electron chi connectivity index (χ1n) is 10.9. The van der Waals surface area contributed by atoms with Gasteiger partial charge in [-0.15, -0.1) is 0 Å². The van der Waals surface area contributed by atoms with E-state index in [0.717, 1.165) is 44.5 Å². The summed E-state index contributed by atoms with van der Waals surface area (Å²) in [4.78, 5) is 0. The van der Waals surface area contributed by atoms with E-state index in [1.165, 1.54) is 0 Å². The van der Waals surface area contributed by atoms with Crippen LogP contribution in [-0.2, 0) is 0 Å². The molecule has 5 aromatic carbocycles. The van der Waals surface area contributed by atoms with Gasteiger partial charge in [0.15, 0.2) is 0 Å². The van der Waals surface area contributed by atoms with Crippen LogP contribution in [0.5, 0.6) is 0 Å². The van der Waals surface area contributed by atoms with Crippen molar-refractivity contribution >= 4 is 39.9 Å². The van der Waals surface area contributed by atoms with Crippen LogP contribution >= 0.6 is 0 Å². The Labute approximate surface area is 199 Å². The van der Waals surface area contributed by atoms with Crippen molar-refractivity contribution in [2.75, 3.05) is 0 Å². The molecule has 0 aliphatic rings. The fourth-order valence-electron chi connectivity index (χ4n) is 4.37. The summed E-state index contributed by atoms with van der Waals surface area (Å²) < 4.78 is 0. The molecule has 0 saturated heterocycles. The molecule has 0 unspecified atom stereocenters. The van der Waals surface area contributed by atoms with Gasteiger partial charge in [0.1, 0.15) is 23.5 Å². The molecule has 0 fully saturated rings. The highest BCUT2D eigenvalue weighted by molar-refractivity contribution is 6.45. The summed E-state index contributed by atoms with van der Waals surface area (Å²) in [5, 5.41) is 0. The summed E-state index contributed by atoms with van der Waals surface area (Å²) in [5.41, 5.74) is 9.81. The molecule has 0 amide bonds. The van der Waals surface area contributed by atoms with Gasteiger partial charge in [-0.3, -0.25) is 0 Å². The van der Waals surface area contributed by atoms with E-state index in [-0.39, 0.29) is 0 Å². The topological polar surface area (TPSA) is 0 Å². The molecule has 0 nitrogen and oxygen atoms in total. The number of hydrogen-bond acceptors (Lipinski definition) is 0. The molecule has 6 radical (unpaired) electrons. The van der Waals surface area contributed by atoms with Gasteiger partial charge in [-0.05, 0) is 44.5 Å². The van der Waals surface area contributed by atoms with Crippen molar-refractivity contribution in [1.29, 1.82) is 0 Å². The van der Waals surface area contributed by atoms with Crippen LogP contribution in [0.15, 0.2) is 115 Å². The Hall–Kier alpha value is -3.71. The van der Waals surface area contributed by atoms with Crippen molar-refractivity contribution in [3.05, 3.63) is 115 Å². The smallest absolute Gasteiger partial charge is 0.0813 e. The second-order valence-corrected chi connectivity index (χ2v) is 8.03. The standard InChI is InChI=1S/C30H19B3/c31-28-22(20-10-3-1-4-11-20)14-7-16-24(28)26-18-9-19-27(30(26)33)25-17-8-15-23(29(25)32)21-12-5-2-6-13-21/h1-19H. The maximum atomic E-state index is 6.75. The normalized spacial score (nSPS) is 10.8. The number of benzene rings is 5. The van der Waals surface area contributed by atoms with Crippen LogP contribution < -0.4 is 16.4 Å². The SMILES string of the molecule is [B]c1c(-c2ccccc2)cccc1-c1cccc(-c2cccc(-c3ccccc3)c2[B])c1[B]. The molecule has 0 bridgehead atoms. The summed E-state index contributed by atoms with van der Waals surface area (Å²) in [6, 6.07) is 38.5. The lowest BCUT2D eigenvalue weighted by Crippen LogP contribution is -2.20. The summed E-state index contributed by atoms with van der Waals surface area (Å²) in [5.74, 6) is 0. The van der Waals surface area contributed by atoms with E-state index in [9.17, 15) is 0 Å². The van der Waals surface area contributed by atoms with Crippen molar-refractivity contribution < 1.29 is 0 Å². The Morgan fingerprint density at radius 1 is 0.273 bits per heavy atom. The van der Waals surface area contributed by atoms with Crippen molar-refractivity contribution in [3.63, 3.8) is 0 Å². The van der Waals surface area contributed by atoms with Gasteiger partial charge < -0.3 is 0 Å². The van der Waals surface area contributed by atoms with Crippen LogP contribution in [0.1, 0.15) is 0 Å². The van der Waals surface area contributed by atoms with Crippen molar-refractivity contribution in [2.45, 2.75) is 0 Å². The van der Waals surface area contributed by atoms with E-state index in [2.05, 4.69) is 24.3 Å². The van der Waals surface area contributed by atoms with E-state index in [4.69, 9.17) is 23.5 Å². The molecule has 148 valence electrons. The van der Waals surface area contributed by atoms with Crippen LogP contribution in [0.4, 0.5) is 0 Å². The molecule has 0 N–H and O–H groups in total. The largest absolute Gasteiger partial charge is 0.115 e. The third kappa shape index (κ3) is 3.96. The van der Waals surface area contributed by atoms with Gasteiger partial charge >= 0.3 is 0 Å². The minimum atomic E-state index is 0.659. The van der Waals surface area contributed by atoms with Crippen LogP contribution in [0.2, 0.25) is 0 Å². The summed E-state index contributed by atoms with van der Waals surface area (Å²) in [7, 11) is 20.1. The predicted octanol–water partition coefficient (Wildman–Crippen LogP) is 4.74. The van der Waals surface area contributed by atoms with Gasteiger partial charge in [0.05, 0.1) is 0 Å². The average molecular weight is 412 g/mol. The molecule has 0 aliphatic heterocycles. The van der Waals surface area contributed by atoms with E-state index >= 15 is 0 Å². The number of hydrogen-bond donors (Lipinski definition) is 0. The molecule has 0 aliphatic carbocycles. The zero-order chi connectivity index (χ0) is 22.8. The minimum absolute atomic E-state index is 0.659. The van der Waals surface area contributed by atoms with E-state index < -0.39 is 0 Å². The van der Waals surface area contributed by atoms with E-state index in [0.29, 0.717) is 16.4 Å². The highest BCUT2D eigenvalue weighted by Crippen LogP contribution is 2.27. The molecule has 0 saturated carbocycles. The van der Waals surface area contributed by atoms with Crippen LogP contribution in [0, 0.1) is 0 Å². The Morgan fingerprint density at radius 2 is 0.545 bits per heavy atom. The van der Waals surface area contributed by atoms with Gasteiger partial charge in [0.2, 0.25) is 0 Å². The maximum Gasteiger partial charge on any atom is 0.115 e. The summed E-state index contributed by atoms with van der Waals surface area (Å²) >= 11 is 0. The molecule has 3 heteroatoms. The maximum absolute atomic E-state index is 6.75. The Bertz CT molecular complexity index is 1320. The average Bonchev–Trinajstić information content (AvgIpc) is 2.86. The lowest BCUT2D eigenvalue weighted by Gasteiger charge is -2.19. The molecule has 0 spiro atoms. The van der Waals surface area contributed by atoms with Gasteiger partial charge in [-0.25, -0.2) is 0 Å². The molecule has 5 rings (SSSR count). The van der Waals surface area contributed by atoms with Crippen LogP contribution in [-0.4, -0.2) is 23.5 Å². The molecular formula is C30H19B3. The zero-order valence-electron chi connectivity index (χ0n) is 18.2. The second kappa shape index (κ2) is 9.04. The van der Waals surface area contributed by atoms with Gasteiger partial charge in [0, 0.05) is 0 Å². The lowest BCUT2D eigenvalue weighted by molar-refractivity contribution is 1.61. The molecule has 5 aromatic rings. The molecular weight excluding hydrogens is 393 g/mol. The fraction of sp³-hybridized carbons (Fsp3) is 0. The molecule has 33 heavy (non-hydrogen) atoms. The van der Waals surface area contributed by atoms with Crippen molar-refractivity contribution in [2.24, 2.45) is 0 Å². The zero-order valence-corrected chi connectivity index (χ0v) is 18.2. The lowest BCUT2D eigenvalue weighted by atomic mass is 9.73. The van der Waals surface area contributed by atoms with Crippen molar-refractivity contribution in [1.82, 2.24) is 0 Å². The van der Waals surface area contributed by atoms with Crippen LogP contribution in [0.25, 0.3) is 44.5 Å². The van der Waals surface area contributed by atoms with E-state index in [1.807, 2.05) is 91.0 Å². The second-order valence-electron chi connectivity index (χ2n) is 8.03. The van der Waals surface area contributed by atoms with Gasteiger partial charge in [-0.1, -0.05) is 132 Å². The van der Waals surface area contributed by atoms with Crippen molar-refractivity contribution in [3.8, 4) is 44.5 Å². The van der Waals surface area contributed by atoms with E-state index in [1.54, 1.807) is 0 Å². The Kier molecular flexibility index (Phi) is 5.79. The predicted molar refractivity (Wildman–Crippen MR) is 144 cm³/mol. The third-order valence-electron chi connectivity index (χ3n) is 6.07.